The number of piperidine rings is 1. The minimum Gasteiger partial charge on any atom is -0.314 e. The molecule has 2 aliphatic heterocycles. The molecule has 0 aromatic carbocycles. The molecule has 3 rings (SSSR count). The van der Waals surface area contributed by atoms with Crippen molar-refractivity contribution >= 4 is 22.4 Å². The Labute approximate surface area is 143 Å². The van der Waals surface area contributed by atoms with Gasteiger partial charge in [0.2, 0.25) is 5.91 Å². The Morgan fingerprint density at radius 2 is 2.22 bits per heavy atom. The quantitative estimate of drug-likeness (QED) is 0.897. The third kappa shape index (κ3) is 4.11. The van der Waals surface area contributed by atoms with E-state index < -0.39 is 0 Å². The first kappa shape index (κ1) is 16.9. The van der Waals surface area contributed by atoms with E-state index in [2.05, 4.69) is 20.6 Å². The van der Waals surface area contributed by atoms with Gasteiger partial charge in [-0.1, -0.05) is 0 Å². The van der Waals surface area contributed by atoms with E-state index in [1.807, 2.05) is 6.92 Å². The number of thiazole rings is 1. The summed E-state index contributed by atoms with van der Waals surface area (Å²) in [4.78, 5) is 20.5. The number of anilines is 1. The molecule has 1 aromatic rings. The summed E-state index contributed by atoms with van der Waals surface area (Å²) >= 11 is 1.58. The number of hydrogen-bond donors (Lipinski definition) is 1. The number of aromatic nitrogens is 1. The highest BCUT2D eigenvalue weighted by Gasteiger charge is 2.28. The van der Waals surface area contributed by atoms with Crippen molar-refractivity contribution in [2.24, 2.45) is 5.92 Å². The summed E-state index contributed by atoms with van der Waals surface area (Å²) in [6.07, 6.45) is 5.29. The third-order valence-corrected chi connectivity index (χ3v) is 6.06. The Bertz CT molecular complexity index is 518. The number of rotatable bonds is 5. The third-order valence-electron chi connectivity index (χ3n) is 5.15. The van der Waals surface area contributed by atoms with Gasteiger partial charge in [-0.15, -0.1) is 11.3 Å². The fraction of sp³-hybridized carbons (Fsp3) is 0.765. The first-order chi connectivity index (χ1) is 11.2. The SMILES string of the molecule is CCN(C(C)=O)c1nc(CN2CCC(C3CCCN3)CC2)cs1. The monoisotopic (exact) mass is 336 g/mol. The van der Waals surface area contributed by atoms with Gasteiger partial charge in [0, 0.05) is 31.4 Å². The van der Waals surface area contributed by atoms with Gasteiger partial charge < -0.3 is 5.32 Å². The molecule has 0 aliphatic carbocycles. The molecule has 2 fully saturated rings. The Kier molecular flexibility index (Phi) is 5.67. The fourth-order valence-electron chi connectivity index (χ4n) is 3.84. The van der Waals surface area contributed by atoms with Gasteiger partial charge in [-0.25, -0.2) is 4.98 Å². The van der Waals surface area contributed by atoms with Crippen LogP contribution in [0.2, 0.25) is 0 Å². The van der Waals surface area contributed by atoms with Crippen LogP contribution in [0.3, 0.4) is 0 Å². The van der Waals surface area contributed by atoms with Crippen molar-refractivity contribution < 1.29 is 4.79 Å². The van der Waals surface area contributed by atoms with Crippen molar-refractivity contribution in [3.05, 3.63) is 11.1 Å². The highest BCUT2D eigenvalue weighted by molar-refractivity contribution is 7.14. The molecule has 2 aliphatic rings. The number of carbonyl (C=O) groups excluding carboxylic acids is 1. The molecule has 1 unspecified atom stereocenters. The van der Waals surface area contributed by atoms with Crippen molar-refractivity contribution in [3.63, 3.8) is 0 Å². The second kappa shape index (κ2) is 7.73. The van der Waals surface area contributed by atoms with E-state index in [4.69, 9.17) is 0 Å². The second-order valence-corrected chi connectivity index (χ2v) is 7.54. The molecule has 5 nitrogen and oxygen atoms in total. The van der Waals surface area contributed by atoms with Gasteiger partial charge in [0.05, 0.1) is 5.69 Å². The minimum atomic E-state index is 0.0678. The van der Waals surface area contributed by atoms with Crippen molar-refractivity contribution in [2.45, 2.75) is 52.1 Å². The zero-order valence-corrected chi connectivity index (χ0v) is 15.1. The van der Waals surface area contributed by atoms with Crippen LogP contribution in [0.1, 0.15) is 45.2 Å². The maximum atomic E-state index is 11.6. The molecule has 3 heterocycles. The summed E-state index contributed by atoms with van der Waals surface area (Å²) < 4.78 is 0. The van der Waals surface area contributed by atoms with Crippen molar-refractivity contribution in [2.75, 3.05) is 31.1 Å². The van der Waals surface area contributed by atoms with Crippen LogP contribution in [0.15, 0.2) is 5.38 Å². The van der Waals surface area contributed by atoms with Crippen LogP contribution < -0.4 is 10.2 Å². The molecule has 0 spiro atoms. The molecule has 23 heavy (non-hydrogen) atoms. The predicted molar refractivity (Wildman–Crippen MR) is 94.8 cm³/mol. The molecule has 0 bridgehead atoms. The molecule has 6 heteroatoms. The lowest BCUT2D eigenvalue weighted by Crippen LogP contribution is -2.40. The summed E-state index contributed by atoms with van der Waals surface area (Å²) in [6, 6.07) is 0.761. The van der Waals surface area contributed by atoms with E-state index in [9.17, 15) is 4.79 Å². The van der Waals surface area contributed by atoms with Crippen LogP contribution in [0.5, 0.6) is 0 Å². The number of nitrogens with one attached hydrogen (secondary N) is 1. The molecule has 128 valence electrons. The molecule has 0 saturated carbocycles. The first-order valence-electron chi connectivity index (χ1n) is 8.85. The molecule has 0 radical (unpaired) electrons. The lowest BCUT2D eigenvalue weighted by atomic mass is 9.88. The molecular weight excluding hydrogens is 308 g/mol. The van der Waals surface area contributed by atoms with E-state index in [0.717, 1.165) is 29.3 Å². The number of nitrogens with zero attached hydrogens (tertiary/aromatic N) is 3. The van der Waals surface area contributed by atoms with Gasteiger partial charge in [-0.05, 0) is 58.2 Å². The molecule has 1 N–H and O–H groups in total. The van der Waals surface area contributed by atoms with Gasteiger partial charge in [0.15, 0.2) is 5.13 Å². The number of amides is 1. The average Bonchev–Trinajstić information content (AvgIpc) is 3.21. The number of carbonyl (C=O) groups is 1. The summed E-state index contributed by atoms with van der Waals surface area (Å²) in [5.74, 6) is 0.923. The largest absolute Gasteiger partial charge is 0.314 e. The van der Waals surface area contributed by atoms with E-state index in [-0.39, 0.29) is 5.91 Å². The summed E-state index contributed by atoms with van der Waals surface area (Å²) in [7, 11) is 0. The zero-order valence-electron chi connectivity index (χ0n) is 14.3. The number of likely N-dealkylation sites (tertiary alicyclic amines) is 1. The Morgan fingerprint density at radius 3 is 2.83 bits per heavy atom. The summed E-state index contributed by atoms with van der Waals surface area (Å²) in [6.45, 7) is 8.73. The average molecular weight is 337 g/mol. The Morgan fingerprint density at radius 1 is 1.43 bits per heavy atom. The van der Waals surface area contributed by atoms with Crippen LogP contribution in [-0.4, -0.2) is 48.0 Å². The maximum absolute atomic E-state index is 11.6. The maximum Gasteiger partial charge on any atom is 0.225 e. The molecular formula is C17H28N4OS. The number of hydrogen-bond acceptors (Lipinski definition) is 5. The Balaban J connectivity index is 1.51. The molecule has 1 amide bonds. The lowest BCUT2D eigenvalue weighted by molar-refractivity contribution is -0.116. The molecule has 1 atom stereocenters. The zero-order chi connectivity index (χ0) is 16.2. The van der Waals surface area contributed by atoms with Crippen molar-refractivity contribution in [3.8, 4) is 0 Å². The van der Waals surface area contributed by atoms with Gasteiger partial charge in [-0.2, -0.15) is 0 Å². The van der Waals surface area contributed by atoms with Crippen molar-refractivity contribution in [1.29, 1.82) is 0 Å². The van der Waals surface area contributed by atoms with Crippen molar-refractivity contribution in [1.82, 2.24) is 15.2 Å². The summed E-state index contributed by atoms with van der Waals surface area (Å²) in [5, 5.41) is 6.59. The summed E-state index contributed by atoms with van der Waals surface area (Å²) in [5.41, 5.74) is 1.10. The van der Waals surface area contributed by atoms with E-state index in [1.54, 1.807) is 23.2 Å². The highest BCUT2D eigenvalue weighted by atomic mass is 32.1. The van der Waals surface area contributed by atoms with Crippen LogP contribution in [0.4, 0.5) is 5.13 Å². The van der Waals surface area contributed by atoms with Gasteiger partial charge >= 0.3 is 0 Å². The predicted octanol–water partition coefficient (Wildman–Crippen LogP) is 2.48. The standard InChI is InChI=1S/C17H28N4OS/c1-3-21(13(2)22)17-19-15(12-23-17)11-20-9-6-14(7-10-20)16-5-4-8-18-16/h12,14,16,18H,3-11H2,1-2H3. The van der Waals surface area contributed by atoms with Gasteiger partial charge in [0.1, 0.15) is 0 Å². The van der Waals surface area contributed by atoms with Crippen LogP contribution in [0, 0.1) is 5.92 Å². The van der Waals surface area contributed by atoms with Crippen LogP contribution in [0.25, 0.3) is 0 Å². The van der Waals surface area contributed by atoms with E-state index in [0.29, 0.717) is 6.54 Å². The lowest BCUT2D eigenvalue weighted by Gasteiger charge is -2.34. The molecule has 2 saturated heterocycles. The van der Waals surface area contributed by atoms with E-state index >= 15 is 0 Å². The second-order valence-electron chi connectivity index (χ2n) is 6.70. The minimum absolute atomic E-state index is 0.0678. The topological polar surface area (TPSA) is 48.5 Å². The first-order valence-corrected chi connectivity index (χ1v) is 9.73. The van der Waals surface area contributed by atoms with E-state index in [1.165, 1.54) is 45.3 Å². The Hall–Kier alpha value is -0.980. The fourth-order valence-corrected chi connectivity index (χ4v) is 4.77. The van der Waals surface area contributed by atoms with Crippen LogP contribution in [-0.2, 0) is 11.3 Å². The molecule has 1 aromatic heterocycles. The van der Waals surface area contributed by atoms with Gasteiger partial charge in [-0.3, -0.25) is 14.6 Å². The van der Waals surface area contributed by atoms with Gasteiger partial charge in [0.25, 0.3) is 0 Å². The smallest absolute Gasteiger partial charge is 0.225 e. The normalized spacial score (nSPS) is 23.3. The highest BCUT2D eigenvalue weighted by Crippen LogP contribution is 2.27. The van der Waals surface area contributed by atoms with Crippen LogP contribution >= 0.6 is 11.3 Å².